The topological polar surface area (TPSA) is 136 Å². The maximum absolute atomic E-state index is 14.8. The average molecular weight is 719 g/mol. The first-order valence-electron chi connectivity index (χ1n) is 16.6. The summed E-state index contributed by atoms with van der Waals surface area (Å²) in [6.07, 6.45) is 10.5. The van der Waals surface area contributed by atoms with Gasteiger partial charge >= 0.3 is 5.97 Å². The number of hydrogen-bond acceptors (Lipinski definition) is 8. The number of ketones is 2. The van der Waals surface area contributed by atoms with Gasteiger partial charge in [-0.1, -0.05) is 115 Å². The van der Waals surface area contributed by atoms with Crippen LogP contribution in [-0.2, 0) is 39.5 Å². The zero-order valence-electron chi connectivity index (χ0n) is 28.8. The van der Waals surface area contributed by atoms with E-state index in [1.165, 1.54) is 19.1 Å². The molecule has 0 radical (unpaired) electrons. The standard InChI is InChI=1S/C41H38N2O8S/c1-4-6-11-25-32(44)41(33(45)26-12-7-5-2)28(3)36(40(48)51-37(29-19-13-8-14-20-29)30-21-15-9-16-22-30)43-38(47)35(39(43)52(41)49)42-34(46)27-50-31-23-17-10-18-24-31/h4-26,35,37,39H,27H2,1-3H3,(H,42,46)/b6-4+,7-5+,25-11+,26-12+/t35-,39-,52?/m1/s1. The van der Waals surface area contributed by atoms with Gasteiger partial charge in [0.05, 0.1) is 10.8 Å². The van der Waals surface area contributed by atoms with E-state index in [2.05, 4.69) is 5.32 Å². The first-order valence-corrected chi connectivity index (χ1v) is 17.8. The lowest BCUT2D eigenvalue weighted by Gasteiger charge is -2.53. The number of amides is 2. The minimum absolute atomic E-state index is 0.220. The third-order valence-electron chi connectivity index (χ3n) is 8.54. The van der Waals surface area contributed by atoms with Crippen LogP contribution in [0.4, 0.5) is 0 Å². The molecule has 11 heteroatoms. The summed E-state index contributed by atoms with van der Waals surface area (Å²) in [4.78, 5) is 71.0. The number of β-lactam (4-membered cyclic amide) rings is 1. The molecule has 0 bridgehead atoms. The van der Waals surface area contributed by atoms with Crippen molar-refractivity contribution >= 4 is 40.1 Å². The number of para-hydroxylation sites is 1. The molecule has 266 valence electrons. The first kappa shape index (κ1) is 37.3. The summed E-state index contributed by atoms with van der Waals surface area (Å²) in [6.45, 7) is 4.32. The summed E-state index contributed by atoms with van der Waals surface area (Å²) in [6, 6.07) is 24.9. The minimum Gasteiger partial charge on any atom is -0.484 e. The number of carbonyl (C=O) groups excluding carboxylic acids is 5. The predicted octanol–water partition coefficient (Wildman–Crippen LogP) is 5.23. The molecule has 3 aromatic carbocycles. The minimum atomic E-state index is -2.52. The lowest BCUT2D eigenvalue weighted by atomic mass is 9.85. The van der Waals surface area contributed by atoms with Crippen molar-refractivity contribution in [3.63, 3.8) is 0 Å². The van der Waals surface area contributed by atoms with Crippen LogP contribution < -0.4 is 10.1 Å². The molecule has 2 amide bonds. The molecule has 2 aliphatic heterocycles. The number of benzene rings is 3. The molecule has 10 nitrogen and oxygen atoms in total. The van der Waals surface area contributed by atoms with E-state index in [1.807, 2.05) is 12.1 Å². The molecule has 0 aliphatic carbocycles. The van der Waals surface area contributed by atoms with E-state index in [4.69, 9.17) is 9.47 Å². The van der Waals surface area contributed by atoms with Crippen LogP contribution in [0.5, 0.6) is 5.75 Å². The number of hydrogen-bond donors (Lipinski definition) is 1. The Morgan fingerprint density at radius 2 is 1.31 bits per heavy atom. The molecule has 1 fully saturated rings. The zero-order valence-corrected chi connectivity index (χ0v) is 29.7. The summed E-state index contributed by atoms with van der Waals surface area (Å²) >= 11 is 0. The van der Waals surface area contributed by atoms with Gasteiger partial charge in [-0.3, -0.25) is 28.3 Å². The number of allylic oxidation sites excluding steroid dienone is 8. The lowest BCUT2D eigenvalue weighted by molar-refractivity contribution is -0.155. The molecule has 52 heavy (non-hydrogen) atoms. The Balaban J connectivity index is 1.62. The monoisotopic (exact) mass is 718 g/mol. The molecular weight excluding hydrogens is 681 g/mol. The van der Waals surface area contributed by atoms with Crippen LogP contribution in [0.25, 0.3) is 0 Å². The molecular formula is C41H38N2O8S. The quantitative estimate of drug-likeness (QED) is 0.0788. The van der Waals surface area contributed by atoms with Gasteiger partial charge in [-0.05, 0) is 61.8 Å². The van der Waals surface area contributed by atoms with Gasteiger partial charge in [0.2, 0.25) is 0 Å². The second kappa shape index (κ2) is 16.8. The Bertz CT molecular complexity index is 1930. The van der Waals surface area contributed by atoms with Crippen LogP contribution >= 0.6 is 0 Å². The van der Waals surface area contributed by atoms with Crippen LogP contribution in [0.15, 0.2) is 151 Å². The summed E-state index contributed by atoms with van der Waals surface area (Å²) in [5, 5.41) is 1.07. The van der Waals surface area contributed by atoms with E-state index in [1.54, 1.807) is 117 Å². The van der Waals surface area contributed by atoms with Gasteiger partial charge < -0.3 is 14.8 Å². The number of rotatable bonds is 14. The van der Waals surface area contributed by atoms with Crippen molar-refractivity contribution < 1.29 is 37.7 Å². The van der Waals surface area contributed by atoms with Gasteiger partial charge in [-0.2, -0.15) is 0 Å². The summed E-state index contributed by atoms with van der Waals surface area (Å²) in [5.41, 5.74) is 0.620. The summed E-state index contributed by atoms with van der Waals surface area (Å²) < 4.78 is 24.0. The van der Waals surface area contributed by atoms with E-state index >= 15 is 0 Å². The number of carbonyl (C=O) groups is 5. The van der Waals surface area contributed by atoms with Crippen molar-refractivity contribution in [3.8, 4) is 5.75 Å². The number of ether oxygens (including phenoxy) is 2. The van der Waals surface area contributed by atoms with E-state index in [0.717, 1.165) is 17.1 Å². The molecule has 0 spiro atoms. The molecule has 3 aromatic rings. The molecule has 1 N–H and O–H groups in total. The van der Waals surface area contributed by atoms with Crippen molar-refractivity contribution in [1.82, 2.24) is 10.2 Å². The molecule has 1 unspecified atom stereocenters. The Hall–Kier alpha value is -5.94. The van der Waals surface area contributed by atoms with Crippen molar-refractivity contribution in [2.24, 2.45) is 0 Å². The largest absolute Gasteiger partial charge is 0.484 e. The van der Waals surface area contributed by atoms with Gasteiger partial charge in [0, 0.05) is 0 Å². The number of fused-ring (bicyclic) bond motifs is 1. The Morgan fingerprint density at radius 1 is 0.808 bits per heavy atom. The fraction of sp³-hybridized carbons (Fsp3) is 0.195. The maximum atomic E-state index is 14.8. The zero-order chi connectivity index (χ0) is 37.3. The van der Waals surface area contributed by atoms with Gasteiger partial charge in [0.15, 0.2) is 29.0 Å². The third-order valence-corrected chi connectivity index (χ3v) is 10.8. The number of nitrogens with zero attached hydrogens (tertiary/aromatic N) is 1. The van der Waals surface area contributed by atoms with Crippen molar-refractivity contribution in [2.45, 2.75) is 43.0 Å². The second-order valence-corrected chi connectivity index (χ2v) is 13.5. The Kier molecular flexibility index (Phi) is 12.1. The Morgan fingerprint density at radius 3 is 1.81 bits per heavy atom. The molecule has 0 saturated carbocycles. The fourth-order valence-electron chi connectivity index (χ4n) is 6.04. The number of esters is 1. The summed E-state index contributed by atoms with van der Waals surface area (Å²) in [5.74, 6) is -3.85. The highest BCUT2D eigenvalue weighted by Crippen LogP contribution is 2.46. The van der Waals surface area contributed by atoms with E-state index in [0.29, 0.717) is 16.9 Å². The molecule has 2 aliphatic rings. The average Bonchev–Trinajstić information content (AvgIpc) is 3.16. The van der Waals surface area contributed by atoms with Gasteiger partial charge in [-0.15, -0.1) is 0 Å². The molecule has 2 heterocycles. The highest BCUT2D eigenvalue weighted by molar-refractivity contribution is 7.89. The molecule has 0 aromatic heterocycles. The van der Waals surface area contributed by atoms with Gasteiger partial charge in [0.25, 0.3) is 11.8 Å². The van der Waals surface area contributed by atoms with Gasteiger partial charge in [-0.25, -0.2) is 4.79 Å². The highest BCUT2D eigenvalue weighted by atomic mass is 32.2. The highest BCUT2D eigenvalue weighted by Gasteiger charge is 2.67. The lowest BCUT2D eigenvalue weighted by Crippen LogP contribution is -2.77. The predicted molar refractivity (Wildman–Crippen MR) is 197 cm³/mol. The van der Waals surface area contributed by atoms with Crippen LogP contribution in [0.1, 0.15) is 38.0 Å². The molecule has 5 rings (SSSR count). The first-order chi connectivity index (χ1) is 25.2. The van der Waals surface area contributed by atoms with Crippen LogP contribution in [-0.4, -0.2) is 61.2 Å². The summed E-state index contributed by atoms with van der Waals surface area (Å²) in [7, 11) is -2.52. The second-order valence-electron chi connectivity index (χ2n) is 11.8. The van der Waals surface area contributed by atoms with Gasteiger partial charge in [0.1, 0.15) is 22.9 Å². The van der Waals surface area contributed by atoms with Crippen molar-refractivity contribution in [1.29, 1.82) is 0 Å². The van der Waals surface area contributed by atoms with E-state index in [-0.39, 0.29) is 5.57 Å². The smallest absolute Gasteiger partial charge is 0.356 e. The molecule has 1 saturated heterocycles. The van der Waals surface area contributed by atoms with Crippen molar-refractivity contribution in [2.75, 3.05) is 6.61 Å². The van der Waals surface area contributed by atoms with Crippen LogP contribution in [0.3, 0.4) is 0 Å². The Labute approximate surface area is 304 Å². The normalized spacial score (nSPS) is 19.7. The van der Waals surface area contributed by atoms with E-state index in [9.17, 15) is 28.2 Å². The van der Waals surface area contributed by atoms with Crippen molar-refractivity contribution in [3.05, 3.63) is 162 Å². The van der Waals surface area contributed by atoms with E-state index < -0.39 is 74.7 Å². The third kappa shape index (κ3) is 7.40. The number of nitrogens with one attached hydrogen (secondary N) is 1. The fourth-order valence-corrected chi connectivity index (χ4v) is 8.17. The molecule has 3 atom stereocenters. The van der Waals surface area contributed by atoms with Crippen LogP contribution in [0, 0.1) is 0 Å². The maximum Gasteiger partial charge on any atom is 0.356 e. The SMILES string of the molecule is C/C=C/C=C/C(=O)C1(C(=O)/C=C/C=C/C)C(C)=C(C(=O)OC(c2ccccc2)c2ccccc2)N2C(=O)[C@@H](NC(=O)COc3ccccc3)[C@H]2S1=O. The van der Waals surface area contributed by atoms with Crippen LogP contribution in [0.2, 0.25) is 0 Å².